The van der Waals surface area contributed by atoms with Gasteiger partial charge in [-0.15, -0.1) is 46.7 Å². The largest absolute Gasteiger partial charge is 2.00 e. The van der Waals surface area contributed by atoms with Crippen LogP contribution in [0.1, 0.15) is 37.1 Å². The molecule has 25 nitrogen and oxygen atoms in total. The zero-order chi connectivity index (χ0) is 42.6. The third-order valence-electron chi connectivity index (χ3n) is 5.87. The molecular weight excluding hydrogens is 953 g/mol. The van der Waals surface area contributed by atoms with Gasteiger partial charge >= 0.3 is 34.1 Å². The maximum absolute atomic E-state index is 8.49. The number of aromatic nitrogens is 2. The molecule has 1 aromatic heterocycles. The minimum atomic E-state index is -4.94. The van der Waals surface area contributed by atoms with Crippen molar-refractivity contribution in [2.45, 2.75) is 38.8 Å². The summed E-state index contributed by atoms with van der Waals surface area (Å²) in [5.74, 6) is 0. The standard InChI is InChI=1S/C25H53N8.4ClHO4.2Cu.H2O/c1-28(2)13-9-17-32(18-10-14-29(3)4)22-24-21-25(27-26-24)23-33(19-11-15-30(5)6)20-12-16-31(7)8;4*2-1(3,4)5;;;/h21H,9-20,22-23H2,1-8H3;4*(H,2,3,4,5);;;1H2/q-1;;;;;+1;+2;/p-2. The molecule has 0 saturated carbocycles. The van der Waals surface area contributed by atoms with Crippen LogP contribution >= 0.6 is 0 Å². The second-order valence-corrected chi connectivity index (χ2v) is 15.3. The first kappa shape index (κ1) is 71.0. The van der Waals surface area contributed by atoms with Crippen molar-refractivity contribution in [2.24, 2.45) is 0 Å². The first-order chi connectivity index (χ1) is 23.7. The molecule has 1 rings (SSSR count). The van der Waals surface area contributed by atoms with Crippen LogP contribution in [-0.2, 0) is 47.2 Å². The van der Waals surface area contributed by atoms with E-state index < -0.39 is 41.0 Å². The molecule has 0 aromatic carbocycles. The monoisotopic (exact) mass is 1010 g/mol. The maximum Gasteiger partial charge on any atom is 2.00 e. The Labute approximate surface area is 358 Å². The molecule has 0 atom stereocenters. The Morgan fingerprint density at radius 2 is 0.786 bits per heavy atom. The fraction of sp³-hybridized carbons (Fsp3) is 0.880. The summed E-state index contributed by atoms with van der Waals surface area (Å²) >= 11 is 0. The van der Waals surface area contributed by atoms with Gasteiger partial charge < -0.3 is 40.2 Å². The van der Waals surface area contributed by atoms with Crippen LogP contribution in [-0.4, -0.2) is 139 Å². The molecule has 4 N–H and O–H groups in total. The molecule has 0 fully saturated rings. The third kappa shape index (κ3) is 90.6. The van der Waals surface area contributed by atoms with E-state index >= 15 is 0 Å². The zero-order valence-electron chi connectivity index (χ0n) is 32.3. The third-order valence-corrected chi connectivity index (χ3v) is 5.87. The van der Waals surface area contributed by atoms with Gasteiger partial charge in [0.15, 0.2) is 0 Å². The van der Waals surface area contributed by atoms with Crippen molar-refractivity contribution in [3.05, 3.63) is 17.5 Å². The second-order valence-electron chi connectivity index (χ2n) is 12.3. The van der Waals surface area contributed by atoms with Gasteiger partial charge in [0.25, 0.3) is 0 Å². The van der Waals surface area contributed by atoms with Crippen molar-refractivity contribution in [2.75, 3.05) is 109 Å². The molecule has 0 aliphatic carbocycles. The summed E-state index contributed by atoms with van der Waals surface area (Å²) in [6.07, 6.45) is 4.82. The Bertz CT molecular complexity index is 833. The van der Waals surface area contributed by atoms with Crippen molar-refractivity contribution < 1.29 is 165 Å². The van der Waals surface area contributed by atoms with Gasteiger partial charge in [0, 0.05) is 44.7 Å². The van der Waals surface area contributed by atoms with E-state index in [1.165, 1.54) is 48.6 Å². The Balaban J connectivity index is -0.000000171. The van der Waals surface area contributed by atoms with Crippen LogP contribution in [0.3, 0.4) is 0 Å². The normalized spacial score (nSPS) is 11.7. The molecule has 0 spiro atoms. The van der Waals surface area contributed by atoms with E-state index in [-0.39, 0.29) is 39.6 Å². The Morgan fingerprint density at radius 3 is 1.05 bits per heavy atom. The van der Waals surface area contributed by atoms with Crippen molar-refractivity contribution in [1.82, 2.24) is 29.8 Å². The van der Waals surface area contributed by atoms with Crippen LogP contribution in [0.15, 0.2) is 6.07 Å². The molecule has 56 heavy (non-hydrogen) atoms. The summed E-state index contributed by atoms with van der Waals surface area (Å²) < 4.78 is 136. The SMILES string of the molecule is CN(C)CCCN(CCC[NH+](C)C)Cc1cc(CN(CCCN(C)C)CCC[NH+](C)C)[n-]n1.O.[Cu+2].[Cu+].[O-][Cl+3]([O-])([O-])[O-].[O-][Cl+3]([O-])([O-])[O-].[O-][Cl+3]([O-])([O-])[O-].[O-][Cl+3]([O-])([O-])[O-]. The summed E-state index contributed by atoms with van der Waals surface area (Å²) in [4.78, 5) is 12.7. The fourth-order valence-electron chi connectivity index (χ4n) is 4.06. The molecule has 31 heteroatoms. The zero-order valence-corrected chi connectivity index (χ0v) is 37.2. The summed E-state index contributed by atoms with van der Waals surface area (Å²) in [5, 5.41) is 9.13. The summed E-state index contributed by atoms with van der Waals surface area (Å²) in [6, 6.07) is 2.24. The van der Waals surface area contributed by atoms with Gasteiger partial charge in [-0.25, -0.2) is 74.5 Å². The van der Waals surface area contributed by atoms with E-state index in [0.717, 1.165) is 63.7 Å². The van der Waals surface area contributed by atoms with Crippen molar-refractivity contribution in [1.29, 1.82) is 0 Å². The Morgan fingerprint density at radius 1 is 0.518 bits per heavy atom. The minimum Gasteiger partial charge on any atom is -0.578 e. The Hall–Kier alpha value is 0.489. The van der Waals surface area contributed by atoms with E-state index in [0.29, 0.717) is 0 Å². The number of nitrogens with zero attached hydrogens (tertiary/aromatic N) is 6. The van der Waals surface area contributed by atoms with Gasteiger partial charge in [0.2, 0.25) is 0 Å². The quantitative estimate of drug-likeness (QED) is 0.115. The fourth-order valence-corrected chi connectivity index (χ4v) is 4.06. The minimum absolute atomic E-state index is 0. The molecule has 0 aliphatic rings. The van der Waals surface area contributed by atoms with Crippen molar-refractivity contribution in [3.63, 3.8) is 0 Å². The predicted octanol–water partition coefficient (Wildman–Crippen LogP) is -21.2. The van der Waals surface area contributed by atoms with Gasteiger partial charge in [-0.2, -0.15) is 0 Å². The van der Waals surface area contributed by atoms with Crippen molar-refractivity contribution >= 4 is 0 Å². The van der Waals surface area contributed by atoms with Gasteiger partial charge in [-0.1, -0.05) is 6.07 Å². The van der Waals surface area contributed by atoms with Gasteiger partial charge in [0.05, 0.1) is 41.3 Å². The van der Waals surface area contributed by atoms with Crippen LogP contribution in [0.2, 0.25) is 0 Å². The van der Waals surface area contributed by atoms with Crippen LogP contribution < -0.4 is 89.4 Å². The molecule has 1 heterocycles. The second kappa shape index (κ2) is 38.4. The van der Waals surface area contributed by atoms with E-state index in [2.05, 4.69) is 92.2 Å². The number of rotatable bonds is 20. The van der Waals surface area contributed by atoms with Crippen LogP contribution in [0.4, 0.5) is 0 Å². The molecule has 0 saturated heterocycles. The average molecular weight is 1010 g/mol. The molecule has 0 amide bonds. The molecule has 0 unspecified atom stereocenters. The molecule has 0 bridgehead atoms. The molecule has 1 radical (unpaired) electrons. The van der Waals surface area contributed by atoms with Crippen LogP contribution in [0.5, 0.6) is 0 Å². The van der Waals surface area contributed by atoms with E-state index in [1.54, 1.807) is 0 Å². The summed E-state index contributed by atoms with van der Waals surface area (Å²) in [7, 11) is -2.24. The first-order valence-electron chi connectivity index (χ1n) is 15.4. The van der Waals surface area contributed by atoms with Gasteiger partial charge in [-0.3, -0.25) is 4.90 Å². The van der Waals surface area contributed by atoms with E-state index in [9.17, 15) is 0 Å². The van der Waals surface area contributed by atoms with E-state index in [1.807, 2.05) is 0 Å². The maximum atomic E-state index is 8.49. The van der Waals surface area contributed by atoms with E-state index in [4.69, 9.17) is 74.5 Å². The van der Waals surface area contributed by atoms with Crippen molar-refractivity contribution in [3.8, 4) is 0 Å². The molecule has 0 aliphatic heterocycles. The smallest absolute Gasteiger partial charge is 0.578 e. The van der Waals surface area contributed by atoms with Crippen LogP contribution in [0.25, 0.3) is 0 Å². The summed E-state index contributed by atoms with van der Waals surface area (Å²) in [5.41, 5.74) is 2.25. The number of hydrogen-bond donors (Lipinski definition) is 2. The average Bonchev–Trinajstić information content (AvgIpc) is 3.30. The van der Waals surface area contributed by atoms with Crippen LogP contribution in [0, 0.1) is 41.0 Å². The van der Waals surface area contributed by atoms with Gasteiger partial charge in [-0.05, 0) is 67.2 Å². The molecular formula is C25H57Cl4Cu2N8O17. The number of halogens is 4. The van der Waals surface area contributed by atoms with Gasteiger partial charge in [0.1, 0.15) is 0 Å². The first-order valence-corrected chi connectivity index (χ1v) is 20.4. The number of hydrogen-bond acceptors (Lipinski definition) is 21. The Kier molecular flexibility index (Phi) is 48.7. The number of quaternary nitrogens is 2. The molecule has 1 aromatic rings. The predicted molar refractivity (Wildman–Crippen MR) is 143 cm³/mol. The topological polar surface area (TPSA) is 449 Å². The summed E-state index contributed by atoms with van der Waals surface area (Å²) in [6.45, 7) is 11.0. The molecule has 349 valence electrons. The number of nitrogens with one attached hydrogen (secondary N) is 2.